The normalized spacial score (nSPS) is 39.5. The molecule has 5 aliphatic rings. The van der Waals surface area contributed by atoms with Crippen molar-refractivity contribution in [1.29, 1.82) is 0 Å². The predicted octanol–water partition coefficient (Wildman–Crippen LogP) is 7.83. The molecule has 1 saturated heterocycles. The van der Waals surface area contributed by atoms with Crippen LogP contribution in [0, 0.1) is 28.6 Å². The lowest BCUT2D eigenvalue weighted by molar-refractivity contribution is -0.0439. The Hall–Kier alpha value is -1.94. The van der Waals surface area contributed by atoms with Gasteiger partial charge in [0.15, 0.2) is 0 Å². The Morgan fingerprint density at radius 1 is 0.900 bits per heavy atom. The Kier molecular flexibility index (Phi) is 6.25. The number of allylic oxidation sites excluding steroid dienone is 2. The molecular weight excluding hydrogens is 504 g/mol. The van der Waals surface area contributed by atoms with Gasteiger partial charge in [-0.1, -0.05) is 113 Å². The zero-order valence-electron chi connectivity index (χ0n) is 25.5. The minimum absolute atomic E-state index is 0.0180. The number of hydrogen-bond acceptors (Lipinski definition) is 2. The number of ether oxygens (including phenoxy) is 1. The Morgan fingerprint density at radius 3 is 2.12 bits per heavy atom. The van der Waals surface area contributed by atoms with Gasteiger partial charge in [0, 0.05) is 12.0 Å². The molecule has 4 aliphatic carbocycles. The van der Waals surface area contributed by atoms with Gasteiger partial charge in [-0.15, -0.1) is 0 Å². The lowest BCUT2D eigenvalue weighted by atomic mass is 9.47. The molecule has 2 aromatic carbocycles. The van der Waals surface area contributed by atoms with Crippen molar-refractivity contribution >= 4 is 18.7 Å². The molecule has 40 heavy (non-hydrogen) atoms. The Labute approximate surface area is 243 Å². The van der Waals surface area contributed by atoms with Gasteiger partial charge in [-0.3, -0.25) is 0 Å². The van der Waals surface area contributed by atoms with Crippen LogP contribution in [0.1, 0.15) is 80.1 Å². The standard InChI is InChI=1S/C37H48O2Si/c1-7-30-33-34(38-33)32-29-19-18-25-24-26(20-22-36(25,5)31(29)21-23-37(30,32)6)39-40(35(2,3)4,27-14-10-8-11-15-27)28-16-12-9-13-17-28/h7-18,26,29,31-34H,19-24H2,1-6H3/b30-7-/t26-,29+,31-,32+,33+,34-,36-,37+/m0/s1. The highest BCUT2D eigenvalue weighted by Gasteiger charge is 2.69. The highest BCUT2D eigenvalue weighted by Crippen LogP contribution is 2.70. The molecule has 1 aliphatic heterocycles. The molecule has 4 fully saturated rings. The van der Waals surface area contributed by atoms with Crippen LogP contribution in [0.4, 0.5) is 0 Å². The molecule has 0 amide bonds. The van der Waals surface area contributed by atoms with E-state index in [1.54, 1.807) is 11.1 Å². The molecule has 0 spiro atoms. The van der Waals surface area contributed by atoms with Crippen LogP contribution >= 0.6 is 0 Å². The molecule has 0 N–H and O–H groups in total. The Balaban J connectivity index is 1.21. The van der Waals surface area contributed by atoms with Crippen molar-refractivity contribution in [2.24, 2.45) is 28.6 Å². The highest BCUT2D eigenvalue weighted by atomic mass is 28.4. The van der Waals surface area contributed by atoms with E-state index in [1.165, 1.54) is 36.1 Å². The maximum atomic E-state index is 7.65. The summed E-state index contributed by atoms with van der Waals surface area (Å²) >= 11 is 0. The molecule has 3 saturated carbocycles. The average molecular weight is 553 g/mol. The van der Waals surface area contributed by atoms with Gasteiger partial charge in [0.25, 0.3) is 8.32 Å². The second-order valence-electron chi connectivity index (χ2n) is 15.0. The first-order valence-corrected chi connectivity index (χ1v) is 17.8. The van der Waals surface area contributed by atoms with E-state index in [-0.39, 0.29) is 11.1 Å². The second-order valence-corrected chi connectivity index (χ2v) is 19.3. The predicted molar refractivity (Wildman–Crippen MR) is 167 cm³/mol. The van der Waals surface area contributed by atoms with Gasteiger partial charge in [-0.25, -0.2) is 0 Å². The van der Waals surface area contributed by atoms with Crippen LogP contribution < -0.4 is 10.4 Å². The molecule has 212 valence electrons. The first-order chi connectivity index (χ1) is 19.1. The van der Waals surface area contributed by atoms with E-state index < -0.39 is 8.32 Å². The fourth-order valence-electron chi connectivity index (χ4n) is 10.3. The summed E-state index contributed by atoms with van der Waals surface area (Å²) in [5, 5.41) is 2.81. The van der Waals surface area contributed by atoms with Crippen molar-refractivity contribution in [2.45, 2.75) is 103 Å². The van der Waals surface area contributed by atoms with Crippen LogP contribution in [0.15, 0.2) is 84.0 Å². The Bertz CT molecular complexity index is 1280. The van der Waals surface area contributed by atoms with Gasteiger partial charge in [0.2, 0.25) is 0 Å². The fraction of sp³-hybridized carbons (Fsp3) is 0.568. The molecule has 0 aromatic heterocycles. The van der Waals surface area contributed by atoms with Crippen LogP contribution in [0.3, 0.4) is 0 Å². The van der Waals surface area contributed by atoms with Crippen molar-refractivity contribution in [3.63, 3.8) is 0 Å². The van der Waals surface area contributed by atoms with E-state index in [9.17, 15) is 0 Å². The fourth-order valence-corrected chi connectivity index (χ4v) is 15.0. The van der Waals surface area contributed by atoms with Gasteiger partial charge in [0.05, 0.1) is 6.10 Å². The molecule has 0 unspecified atom stereocenters. The molecule has 1 heterocycles. The minimum atomic E-state index is -2.55. The SMILES string of the molecule is C/C=C1/[C@H]2O[C@H]2[C@H]2[C@@H]3CC=C4C[C@@H](O[Si](c5ccccc5)(c5ccccc5)C(C)(C)C)CC[C@]4(C)[C@H]3CC[C@]12C. The summed E-state index contributed by atoms with van der Waals surface area (Å²) in [5.74, 6) is 2.23. The van der Waals surface area contributed by atoms with Crippen LogP contribution in [-0.4, -0.2) is 26.6 Å². The van der Waals surface area contributed by atoms with Crippen molar-refractivity contribution in [3.8, 4) is 0 Å². The maximum Gasteiger partial charge on any atom is 0.261 e. The third-order valence-corrected chi connectivity index (χ3v) is 17.3. The summed E-state index contributed by atoms with van der Waals surface area (Å²) in [6.07, 6.45) is 13.7. The molecule has 8 atom stereocenters. The smallest absolute Gasteiger partial charge is 0.261 e. The molecule has 2 nitrogen and oxygen atoms in total. The van der Waals surface area contributed by atoms with Gasteiger partial charge in [0.1, 0.15) is 6.10 Å². The topological polar surface area (TPSA) is 21.8 Å². The first kappa shape index (κ1) is 26.9. The molecule has 2 aromatic rings. The lowest BCUT2D eigenvalue weighted by Crippen LogP contribution is -2.68. The maximum absolute atomic E-state index is 7.65. The monoisotopic (exact) mass is 552 g/mol. The van der Waals surface area contributed by atoms with Crippen molar-refractivity contribution < 1.29 is 9.16 Å². The minimum Gasteiger partial charge on any atom is -0.404 e. The van der Waals surface area contributed by atoms with Gasteiger partial charge in [-0.05, 0) is 89.1 Å². The summed E-state index contributed by atoms with van der Waals surface area (Å²) in [4.78, 5) is 0. The molecular formula is C37H48O2Si. The number of benzene rings is 2. The van der Waals surface area contributed by atoms with E-state index >= 15 is 0 Å². The zero-order chi connectivity index (χ0) is 27.9. The summed E-state index contributed by atoms with van der Waals surface area (Å²) < 4.78 is 13.9. The molecule has 0 bridgehead atoms. The van der Waals surface area contributed by atoms with Crippen molar-refractivity contribution in [2.75, 3.05) is 0 Å². The van der Waals surface area contributed by atoms with Gasteiger partial charge >= 0.3 is 0 Å². The third-order valence-electron chi connectivity index (χ3n) is 12.2. The van der Waals surface area contributed by atoms with Crippen LogP contribution in [0.5, 0.6) is 0 Å². The van der Waals surface area contributed by atoms with E-state index in [0.29, 0.717) is 29.0 Å². The summed E-state index contributed by atoms with van der Waals surface area (Å²) in [7, 11) is -2.55. The largest absolute Gasteiger partial charge is 0.404 e. The average Bonchev–Trinajstić information content (AvgIpc) is 3.66. The van der Waals surface area contributed by atoms with Crippen molar-refractivity contribution in [3.05, 3.63) is 84.0 Å². The number of rotatable bonds is 4. The Morgan fingerprint density at radius 2 is 1.52 bits per heavy atom. The molecule has 7 rings (SSSR count). The first-order valence-electron chi connectivity index (χ1n) is 15.9. The quantitative estimate of drug-likeness (QED) is 0.219. The number of hydrogen-bond donors (Lipinski definition) is 0. The summed E-state index contributed by atoms with van der Waals surface area (Å²) in [5.41, 5.74) is 3.97. The van der Waals surface area contributed by atoms with Crippen LogP contribution in [0.25, 0.3) is 0 Å². The third kappa shape index (κ3) is 3.73. The highest BCUT2D eigenvalue weighted by molar-refractivity contribution is 6.99. The van der Waals surface area contributed by atoms with Crippen molar-refractivity contribution in [1.82, 2.24) is 0 Å². The summed E-state index contributed by atoms with van der Waals surface area (Å²) in [6.45, 7) is 14.6. The number of epoxide rings is 1. The van der Waals surface area contributed by atoms with Crippen LogP contribution in [-0.2, 0) is 9.16 Å². The van der Waals surface area contributed by atoms with E-state index in [1.807, 2.05) is 0 Å². The molecule has 3 heteroatoms. The summed E-state index contributed by atoms with van der Waals surface area (Å²) in [6, 6.07) is 22.4. The lowest BCUT2D eigenvalue weighted by Gasteiger charge is -2.58. The van der Waals surface area contributed by atoms with E-state index in [2.05, 4.69) is 114 Å². The number of fused-ring (bicyclic) bond motifs is 7. The second kappa shape index (κ2) is 9.28. The van der Waals surface area contributed by atoms with E-state index in [4.69, 9.17) is 9.16 Å². The van der Waals surface area contributed by atoms with Gasteiger partial charge in [-0.2, -0.15) is 0 Å². The zero-order valence-corrected chi connectivity index (χ0v) is 26.5. The van der Waals surface area contributed by atoms with E-state index in [0.717, 1.165) is 24.7 Å². The van der Waals surface area contributed by atoms with Gasteiger partial charge < -0.3 is 9.16 Å². The molecule has 0 radical (unpaired) electrons. The van der Waals surface area contributed by atoms with Crippen LogP contribution in [0.2, 0.25) is 5.04 Å².